The summed E-state index contributed by atoms with van der Waals surface area (Å²) in [4.78, 5) is 47.9. The fraction of sp³-hybridized carbons (Fsp3) is 0.389. The van der Waals surface area contributed by atoms with Gasteiger partial charge in [-0.15, -0.1) is 11.3 Å². The molecule has 3 N–H and O–H groups in total. The van der Waals surface area contributed by atoms with Gasteiger partial charge in [-0.25, -0.2) is 9.97 Å². The number of pyridine rings is 1. The van der Waals surface area contributed by atoms with Crippen LogP contribution in [0.5, 0.6) is 0 Å². The number of hydrogen-bond acceptors (Lipinski definition) is 7. The highest BCUT2D eigenvalue weighted by atomic mass is 35.5. The van der Waals surface area contributed by atoms with Gasteiger partial charge in [0, 0.05) is 43.2 Å². The zero-order chi connectivity index (χ0) is 21.0. The Hall–Kier alpha value is -2.56. The topological polar surface area (TPSA) is 116 Å². The Morgan fingerprint density at radius 1 is 1.31 bits per heavy atom. The SMILES string of the molecule is CC(CNC(=O)c1nc2c(s1)CN(C)CC2)NC(=O)C(=O)Nc1ccc(Cl)cn1. The van der Waals surface area contributed by atoms with E-state index in [1.54, 1.807) is 13.0 Å². The van der Waals surface area contributed by atoms with Crippen molar-refractivity contribution >= 4 is 46.5 Å². The first kappa shape index (κ1) is 21.2. The van der Waals surface area contributed by atoms with Crippen LogP contribution >= 0.6 is 22.9 Å². The van der Waals surface area contributed by atoms with Crippen molar-refractivity contribution in [1.82, 2.24) is 25.5 Å². The third-order valence-corrected chi connectivity index (χ3v) is 5.54. The molecule has 2 aromatic rings. The fourth-order valence-corrected chi connectivity index (χ4v) is 3.92. The molecule has 1 aliphatic rings. The van der Waals surface area contributed by atoms with Gasteiger partial charge < -0.3 is 20.9 Å². The summed E-state index contributed by atoms with van der Waals surface area (Å²) in [7, 11) is 2.03. The number of hydrogen-bond donors (Lipinski definition) is 3. The van der Waals surface area contributed by atoms with E-state index in [0.29, 0.717) is 10.0 Å². The van der Waals surface area contributed by atoms with Crippen molar-refractivity contribution in [2.45, 2.75) is 25.9 Å². The van der Waals surface area contributed by atoms with Crippen molar-refractivity contribution < 1.29 is 14.4 Å². The van der Waals surface area contributed by atoms with Crippen molar-refractivity contribution in [1.29, 1.82) is 0 Å². The molecule has 1 aliphatic heterocycles. The largest absolute Gasteiger partial charge is 0.348 e. The van der Waals surface area contributed by atoms with E-state index >= 15 is 0 Å². The summed E-state index contributed by atoms with van der Waals surface area (Å²) in [6.07, 6.45) is 2.20. The van der Waals surface area contributed by atoms with Crippen molar-refractivity contribution in [3.8, 4) is 0 Å². The maximum absolute atomic E-state index is 12.3. The van der Waals surface area contributed by atoms with Crippen molar-refractivity contribution in [2.24, 2.45) is 0 Å². The predicted octanol–water partition coefficient (Wildman–Crippen LogP) is 1.05. The zero-order valence-corrected chi connectivity index (χ0v) is 17.6. The quantitative estimate of drug-likeness (QED) is 0.603. The van der Waals surface area contributed by atoms with E-state index < -0.39 is 17.9 Å². The van der Waals surface area contributed by atoms with Gasteiger partial charge in [-0.05, 0) is 26.1 Å². The minimum Gasteiger partial charge on any atom is -0.348 e. The molecule has 1 unspecified atom stereocenters. The Balaban J connectivity index is 1.46. The molecule has 29 heavy (non-hydrogen) atoms. The third kappa shape index (κ3) is 5.72. The Labute approximate surface area is 176 Å². The summed E-state index contributed by atoms with van der Waals surface area (Å²) >= 11 is 7.11. The summed E-state index contributed by atoms with van der Waals surface area (Å²) in [5, 5.41) is 8.48. The molecule has 2 aromatic heterocycles. The van der Waals surface area contributed by atoms with Gasteiger partial charge in [-0.2, -0.15) is 0 Å². The number of nitrogens with one attached hydrogen (secondary N) is 3. The Kier molecular flexibility index (Phi) is 6.78. The number of carbonyl (C=O) groups excluding carboxylic acids is 3. The van der Waals surface area contributed by atoms with E-state index in [-0.39, 0.29) is 18.3 Å². The van der Waals surface area contributed by atoms with Crippen LogP contribution in [0.1, 0.15) is 27.3 Å². The Bertz CT molecular complexity index is 917. The molecule has 0 bridgehead atoms. The van der Waals surface area contributed by atoms with E-state index in [2.05, 4.69) is 30.8 Å². The summed E-state index contributed by atoms with van der Waals surface area (Å²) < 4.78 is 0. The van der Waals surface area contributed by atoms with Gasteiger partial charge in [0.1, 0.15) is 5.82 Å². The highest BCUT2D eigenvalue weighted by Crippen LogP contribution is 2.24. The van der Waals surface area contributed by atoms with Crippen LogP contribution in [-0.4, -0.2) is 58.8 Å². The number of thiazole rings is 1. The molecule has 9 nitrogen and oxygen atoms in total. The first-order chi connectivity index (χ1) is 13.8. The minimum atomic E-state index is -0.852. The molecule has 0 saturated heterocycles. The normalized spacial score (nSPS) is 14.6. The molecule has 0 spiro atoms. The number of nitrogens with zero attached hydrogens (tertiary/aromatic N) is 3. The number of amides is 3. The van der Waals surface area contributed by atoms with Crippen LogP contribution in [0.2, 0.25) is 5.02 Å². The van der Waals surface area contributed by atoms with Crippen LogP contribution < -0.4 is 16.0 Å². The van der Waals surface area contributed by atoms with Crippen LogP contribution in [-0.2, 0) is 22.6 Å². The van der Waals surface area contributed by atoms with E-state index in [0.717, 1.165) is 30.1 Å². The lowest BCUT2D eigenvalue weighted by atomic mass is 10.2. The maximum Gasteiger partial charge on any atom is 0.314 e. The summed E-state index contributed by atoms with van der Waals surface area (Å²) in [5.41, 5.74) is 0.979. The number of halogens is 1. The second-order valence-electron chi connectivity index (χ2n) is 6.78. The molecule has 0 radical (unpaired) electrons. The van der Waals surface area contributed by atoms with Crippen LogP contribution in [0, 0.1) is 0 Å². The second kappa shape index (κ2) is 9.29. The minimum absolute atomic E-state index is 0.168. The predicted molar refractivity (Wildman–Crippen MR) is 110 cm³/mol. The van der Waals surface area contributed by atoms with Crippen LogP contribution in [0.25, 0.3) is 0 Å². The van der Waals surface area contributed by atoms with Crippen molar-refractivity contribution in [2.75, 3.05) is 25.5 Å². The van der Waals surface area contributed by atoms with Gasteiger partial charge in [0.15, 0.2) is 5.01 Å². The lowest BCUT2D eigenvalue weighted by Crippen LogP contribution is -2.45. The first-order valence-corrected chi connectivity index (χ1v) is 10.2. The summed E-state index contributed by atoms with van der Waals surface area (Å²) in [6.45, 7) is 3.58. The summed E-state index contributed by atoms with van der Waals surface area (Å²) in [6, 6.07) is 2.59. The van der Waals surface area contributed by atoms with Crippen molar-refractivity contribution in [3.63, 3.8) is 0 Å². The zero-order valence-electron chi connectivity index (χ0n) is 16.0. The first-order valence-electron chi connectivity index (χ1n) is 9.00. The monoisotopic (exact) mass is 436 g/mol. The lowest BCUT2D eigenvalue weighted by Gasteiger charge is -2.20. The molecule has 11 heteroatoms. The van der Waals surface area contributed by atoms with Gasteiger partial charge in [0.05, 0.1) is 10.7 Å². The van der Waals surface area contributed by atoms with Gasteiger partial charge in [0.2, 0.25) is 0 Å². The molecule has 3 rings (SSSR count). The second-order valence-corrected chi connectivity index (χ2v) is 8.30. The average Bonchev–Trinajstić information content (AvgIpc) is 3.11. The molecule has 3 amide bonds. The van der Waals surface area contributed by atoms with Gasteiger partial charge in [-0.1, -0.05) is 11.6 Å². The van der Waals surface area contributed by atoms with Gasteiger partial charge in [0.25, 0.3) is 5.91 Å². The van der Waals surface area contributed by atoms with E-state index in [1.807, 2.05) is 7.05 Å². The maximum atomic E-state index is 12.3. The molecule has 0 fully saturated rings. The number of fused-ring (bicyclic) bond motifs is 1. The Morgan fingerprint density at radius 2 is 2.10 bits per heavy atom. The number of rotatable bonds is 5. The van der Waals surface area contributed by atoms with Crippen LogP contribution in [0.15, 0.2) is 18.3 Å². The summed E-state index contributed by atoms with van der Waals surface area (Å²) in [5.74, 6) is -1.75. The molecule has 0 aromatic carbocycles. The molecule has 0 saturated carbocycles. The third-order valence-electron chi connectivity index (χ3n) is 4.24. The number of anilines is 1. The van der Waals surface area contributed by atoms with E-state index in [4.69, 9.17) is 11.6 Å². The van der Waals surface area contributed by atoms with E-state index in [1.165, 1.54) is 23.6 Å². The lowest BCUT2D eigenvalue weighted by molar-refractivity contribution is -0.136. The molecule has 0 aliphatic carbocycles. The Morgan fingerprint density at radius 3 is 2.83 bits per heavy atom. The smallest absolute Gasteiger partial charge is 0.314 e. The molecular weight excluding hydrogens is 416 g/mol. The van der Waals surface area contributed by atoms with Gasteiger partial charge in [-0.3, -0.25) is 14.4 Å². The average molecular weight is 437 g/mol. The van der Waals surface area contributed by atoms with Crippen LogP contribution in [0.3, 0.4) is 0 Å². The molecule has 1 atom stereocenters. The molecular formula is C18H21ClN6O3S. The standard InChI is InChI=1S/C18H21ClN6O3S/c1-10(22-15(26)16(27)24-14-4-3-11(19)8-20-14)7-21-17(28)18-23-12-5-6-25(2)9-13(12)29-18/h3-4,8,10H,5-7,9H2,1-2H3,(H,21,28)(H,22,26)(H,20,24,27). The molecule has 3 heterocycles. The van der Waals surface area contributed by atoms with Crippen LogP contribution in [0.4, 0.5) is 5.82 Å². The fourth-order valence-electron chi connectivity index (χ4n) is 2.70. The number of carbonyl (C=O) groups is 3. The van der Waals surface area contributed by atoms with E-state index in [9.17, 15) is 14.4 Å². The number of aromatic nitrogens is 2. The van der Waals surface area contributed by atoms with Crippen molar-refractivity contribution in [3.05, 3.63) is 38.9 Å². The highest BCUT2D eigenvalue weighted by molar-refractivity contribution is 7.13. The molecule has 154 valence electrons. The van der Waals surface area contributed by atoms with Gasteiger partial charge >= 0.3 is 11.8 Å². The number of likely N-dealkylation sites (N-methyl/N-ethyl adjacent to an activating group) is 1. The highest BCUT2D eigenvalue weighted by Gasteiger charge is 2.22.